The Kier molecular flexibility index (Phi) is 1.79. The normalized spacial score (nSPS) is 11.0. The predicted molar refractivity (Wildman–Crippen MR) is 50.2 cm³/mol. The van der Waals surface area contributed by atoms with Crippen molar-refractivity contribution in [1.29, 1.82) is 0 Å². The molecule has 1 aromatic carbocycles. The minimum Gasteiger partial charge on any atom is -0.342 e. The minimum atomic E-state index is -0.193. The molecule has 3 heteroatoms. The van der Waals surface area contributed by atoms with E-state index >= 15 is 0 Å². The summed E-state index contributed by atoms with van der Waals surface area (Å²) in [5.74, 6) is 0.713. The van der Waals surface area contributed by atoms with Gasteiger partial charge in [0.25, 0.3) is 0 Å². The predicted octanol–water partition coefficient (Wildman–Crippen LogP) is 2.57. The van der Waals surface area contributed by atoms with Crippen molar-refractivity contribution in [1.82, 2.24) is 9.97 Å². The Morgan fingerprint density at radius 3 is 2.92 bits per heavy atom. The highest BCUT2D eigenvalue weighted by Crippen LogP contribution is 2.18. The molecule has 0 aliphatic carbocycles. The second-order valence-electron chi connectivity index (χ2n) is 3.11. The lowest BCUT2D eigenvalue weighted by Crippen LogP contribution is -1.83. The van der Waals surface area contributed by atoms with Crippen LogP contribution < -0.4 is 0 Å². The number of halogens is 1. The maximum Gasteiger partial charge on any atom is 0.128 e. The summed E-state index contributed by atoms with van der Waals surface area (Å²) in [5, 5.41) is 0. The van der Waals surface area contributed by atoms with Crippen LogP contribution in [-0.4, -0.2) is 9.97 Å². The van der Waals surface area contributed by atoms with Crippen LogP contribution >= 0.6 is 0 Å². The number of H-pyrrole nitrogens is 1. The van der Waals surface area contributed by atoms with Crippen LogP contribution in [0.5, 0.6) is 0 Å². The van der Waals surface area contributed by atoms with Gasteiger partial charge in [0.15, 0.2) is 0 Å². The third-order valence-electron chi connectivity index (χ3n) is 2.23. The Balaban J connectivity index is 2.76. The van der Waals surface area contributed by atoms with Crippen LogP contribution in [0.3, 0.4) is 0 Å². The number of imidazole rings is 1. The van der Waals surface area contributed by atoms with Crippen LogP contribution in [-0.2, 0) is 6.42 Å². The van der Waals surface area contributed by atoms with Gasteiger partial charge in [0.1, 0.15) is 11.6 Å². The highest BCUT2D eigenvalue weighted by molar-refractivity contribution is 5.78. The number of hydrogen-bond donors (Lipinski definition) is 1. The third-order valence-corrected chi connectivity index (χ3v) is 2.23. The zero-order valence-electron chi connectivity index (χ0n) is 7.69. The van der Waals surface area contributed by atoms with Gasteiger partial charge in [0.05, 0.1) is 11.0 Å². The number of benzene rings is 1. The summed E-state index contributed by atoms with van der Waals surface area (Å²) in [4.78, 5) is 7.43. The summed E-state index contributed by atoms with van der Waals surface area (Å²) in [6.07, 6.45) is 0.843. The van der Waals surface area contributed by atoms with Crippen LogP contribution in [0, 0.1) is 12.7 Å². The maximum atomic E-state index is 13.1. The van der Waals surface area contributed by atoms with Gasteiger partial charge >= 0.3 is 0 Å². The van der Waals surface area contributed by atoms with Crippen molar-refractivity contribution in [3.63, 3.8) is 0 Å². The summed E-state index contributed by atoms with van der Waals surface area (Å²) in [5.41, 5.74) is 2.28. The van der Waals surface area contributed by atoms with E-state index in [4.69, 9.17) is 0 Å². The lowest BCUT2D eigenvalue weighted by atomic mass is 10.2. The van der Waals surface area contributed by atoms with E-state index in [0.717, 1.165) is 23.3 Å². The van der Waals surface area contributed by atoms with Gasteiger partial charge in [-0.15, -0.1) is 0 Å². The molecule has 0 aliphatic heterocycles. The number of aromatic nitrogens is 2. The smallest absolute Gasteiger partial charge is 0.128 e. The van der Waals surface area contributed by atoms with Crippen LogP contribution in [0.15, 0.2) is 12.1 Å². The van der Waals surface area contributed by atoms with Gasteiger partial charge in [-0.1, -0.05) is 6.92 Å². The fourth-order valence-electron chi connectivity index (χ4n) is 1.41. The molecule has 0 spiro atoms. The number of nitrogens with one attached hydrogen (secondary N) is 1. The standard InChI is InChI=1S/C10H11FN2/c1-3-9-12-8-5-4-7(11)6(2)10(8)13-9/h4-5H,3H2,1-2H3,(H,12,13). The number of hydrogen-bond acceptors (Lipinski definition) is 1. The molecule has 1 aromatic heterocycles. The molecule has 0 amide bonds. The molecular formula is C10H11FN2. The van der Waals surface area contributed by atoms with Gasteiger partial charge in [0, 0.05) is 12.0 Å². The van der Waals surface area contributed by atoms with E-state index < -0.39 is 0 Å². The Morgan fingerprint density at radius 1 is 1.46 bits per heavy atom. The van der Waals surface area contributed by atoms with E-state index in [9.17, 15) is 4.39 Å². The van der Waals surface area contributed by atoms with Crippen molar-refractivity contribution in [2.24, 2.45) is 0 Å². The van der Waals surface area contributed by atoms with Crippen molar-refractivity contribution >= 4 is 11.0 Å². The lowest BCUT2D eigenvalue weighted by Gasteiger charge is -1.94. The number of aromatic amines is 1. The second kappa shape index (κ2) is 2.83. The number of aryl methyl sites for hydroxylation is 2. The van der Waals surface area contributed by atoms with Crippen LogP contribution in [0.25, 0.3) is 11.0 Å². The molecule has 2 aromatic rings. The van der Waals surface area contributed by atoms with Crippen LogP contribution in [0.1, 0.15) is 18.3 Å². The van der Waals surface area contributed by atoms with E-state index in [2.05, 4.69) is 9.97 Å². The topological polar surface area (TPSA) is 28.7 Å². The van der Waals surface area contributed by atoms with Crippen molar-refractivity contribution in [3.8, 4) is 0 Å². The van der Waals surface area contributed by atoms with Crippen molar-refractivity contribution in [2.45, 2.75) is 20.3 Å². The average Bonchev–Trinajstić information content (AvgIpc) is 2.55. The molecule has 68 valence electrons. The summed E-state index contributed by atoms with van der Waals surface area (Å²) in [6.45, 7) is 3.77. The average molecular weight is 178 g/mol. The molecule has 0 radical (unpaired) electrons. The molecule has 0 bridgehead atoms. The van der Waals surface area contributed by atoms with Gasteiger partial charge in [-0.25, -0.2) is 9.37 Å². The van der Waals surface area contributed by atoms with Gasteiger partial charge in [0.2, 0.25) is 0 Å². The SMILES string of the molecule is CCc1nc2c(C)c(F)ccc2[nH]1. The Morgan fingerprint density at radius 2 is 2.23 bits per heavy atom. The third kappa shape index (κ3) is 1.20. The molecule has 2 rings (SSSR count). The number of nitrogens with zero attached hydrogens (tertiary/aromatic N) is 1. The zero-order valence-corrected chi connectivity index (χ0v) is 7.69. The Bertz CT molecular complexity index is 445. The van der Waals surface area contributed by atoms with E-state index in [1.165, 1.54) is 6.07 Å². The first-order valence-corrected chi connectivity index (χ1v) is 4.36. The first-order valence-electron chi connectivity index (χ1n) is 4.36. The van der Waals surface area contributed by atoms with E-state index in [1.807, 2.05) is 6.92 Å². The van der Waals surface area contributed by atoms with Gasteiger partial charge < -0.3 is 4.98 Å². The largest absolute Gasteiger partial charge is 0.342 e. The summed E-state index contributed by atoms with van der Waals surface area (Å²) < 4.78 is 13.1. The van der Waals surface area contributed by atoms with E-state index in [-0.39, 0.29) is 5.82 Å². The monoisotopic (exact) mass is 178 g/mol. The molecule has 1 heterocycles. The highest BCUT2D eigenvalue weighted by atomic mass is 19.1. The Labute approximate surface area is 75.8 Å². The molecule has 1 N–H and O–H groups in total. The molecule has 0 saturated carbocycles. The molecule has 13 heavy (non-hydrogen) atoms. The molecule has 0 fully saturated rings. The van der Waals surface area contributed by atoms with E-state index in [0.29, 0.717) is 5.56 Å². The van der Waals surface area contributed by atoms with Gasteiger partial charge in [-0.3, -0.25) is 0 Å². The van der Waals surface area contributed by atoms with Crippen molar-refractivity contribution in [2.75, 3.05) is 0 Å². The molecule has 0 unspecified atom stereocenters. The molecule has 0 saturated heterocycles. The summed E-state index contributed by atoms with van der Waals surface area (Å²) in [6, 6.07) is 3.19. The molecule has 0 atom stereocenters. The van der Waals surface area contributed by atoms with E-state index in [1.54, 1.807) is 13.0 Å². The molecular weight excluding hydrogens is 167 g/mol. The van der Waals surface area contributed by atoms with Crippen LogP contribution in [0.4, 0.5) is 4.39 Å². The fraction of sp³-hybridized carbons (Fsp3) is 0.300. The van der Waals surface area contributed by atoms with Crippen molar-refractivity contribution < 1.29 is 4.39 Å². The van der Waals surface area contributed by atoms with Crippen molar-refractivity contribution in [3.05, 3.63) is 29.3 Å². The fourth-order valence-corrected chi connectivity index (χ4v) is 1.41. The minimum absolute atomic E-state index is 0.193. The van der Waals surface area contributed by atoms with Crippen LogP contribution in [0.2, 0.25) is 0 Å². The zero-order chi connectivity index (χ0) is 9.42. The first kappa shape index (κ1) is 8.23. The maximum absolute atomic E-state index is 13.1. The molecule has 2 nitrogen and oxygen atoms in total. The summed E-state index contributed by atoms with van der Waals surface area (Å²) >= 11 is 0. The quantitative estimate of drug-likeness (QED) is 0.714. The highest BCUT2D eigenvalue weighted by Gasteiger charge is 2.06. The number of rotatable bonds is 1. The van der Waals surface area contributed by atoms with Gasteiger partial charge in [-0.2, -0.15) is 0 Å². The second-order valence-corrected chi connectivity index (χ2v) is 3.11. The lowest BCUT2D eigenvalue weighted by molar-refractivity contribution is 0.620. The van der Waals surface area contributed by atoms with Gasteiger partial charge in [-0.05, 0) is 19.1 Å². The number of fused-ring (bicyclic) bond motifs is 1. The Hall–Kier alpha value is -1.38. The summed E-state index contributed by atoms with van der Waals surface area (Å²) in [7, 11) is 0. The molecule has 0 aliphatic rings. The first-order chi connectivity index (χ1) is 6.22.